The van der Waals surface area contributed by atoms with Crippen LogP contribution in [0.15, 0.2) is 48.5 Å². The van der Waals surface area contributed by atoms with E-state index in [9.17, 15) is 4.79 Å². The summed E-state index contributed by atoms with van der Waals surface area (Å²) >= 11 is 0. The lowest BCUT2D eigenvalue weighted by molar-refractivity contribution is 0.0996. The zero-order chi connectivity index (χ0) is 15.2. The Morgan fingerprint density at radius 2 is 1.90 bits per heavy atom. The third-order valence-corrected chi connectivity index (χ3v) is 3.49. The number of carbonyl (C=O) groups is 1. The van der Waals surface area contributed by atoms with E-state index in [-0.39, 0.29) is 5.78 Å². The lowest BCUT2D eigenvalue weighted by Crippen LogP contribution is -2.29. The van der Waals surface area contributed by atoms with Gasteiger partial charge in [0.15, 0.2) is 5.78 Å². The van der Waals surface area contributed by atoms with Crippen LogP contribution in [0.5, 0.6) is 5.75 Å². The van der Waals surface area contributed by atoms with Crippen LogP contribution in [0.3, 0.4) is 0 Å². The first-order valence-corrected chi connectivity index (χ1v) is 7.13. The number of aryl methyl sites for hydroxylation is 1. The van der Waals surface area contributed by atoms with Gasteiger partial charge in [-0.2, -0.15) is 0 Å². The van der Waals surface area contributed by atoms with Crippen LogP contribution in [0, 0.1) is 6.92 Å². The smallest absolute Gasteiger partial charge is 0.185 e. The number of anilines is 1. The highest BCUT2D eigenvalue weighted by Crippen LogP contribution is 2.20. The highest BCUT2D eigenvalue weighted by atomic mass is 16.5. The summed E-state index contributed by atoms with van der Waals surface area (Å²) in [6, 6.07) is 15.6. The van der Waals surface area contributed by atoms with Crippen molar-refractivity contribution in [2.75, 3.05) is 25.1 Å². The molecule has 0 aliphatic rings. The van der Waals surface area contributed by atoms with Crippen LogP contribution in [-0.2, 0) is 0 Å². The molecule has 0 atom stereocenters. The van der Waals surface area contributed by atoms with E-state index in [0.29, 0.717) is 17.9 Å². The molecule has 0 saturated carbocycles. The molecule has 0 radical (unpaired) electrons. The fourth-order valence-corrected chi connectivity index (χ4v) is 2.34. The van der Waals surface area contributed by atoms with Gasteiger partial charge in [-0.3, -0.25) is 4.79 Å². The van der Waals surface area contributed by atoms with Gasteiger partial charge in [0.1, 0.15) is 5.75 Å². The largest absolute Gasteiger partial charge is 0.496 e. The molecule has 0 amide bonds. The van der Waals surface area contributed by atoms with E-state index in [1.807, 2.05) is 36.4 Å². The van der Waals surface area contributed by atoms with Crippen molar-refractivity contribution in [1.82, 2.24) is 0 Å². The molecule has 0 unspecified atom stereocenters. The van der Waals surface area contributed by atoms with Gasteiger partial charge in [0.05, 0.1) is 19.2 Å². The van der Waals surface area contributed by atoms with Crippen LogP contribution >= 0.6 is 0 Å². The van der Waals surface area contributed by atoms with Crippen molar-refractivity contribution in [2.45, 2.75) is 13.8 Å². The van der Waals surface area contributed by atoms with Crippen LogP contribution in [0.25, 0.3) is 0 Å². The Balaban J connectivity index is 2.20. The third-order valence-electron chi connectivity index (χ3n) is 3.49. The van der Waals surface area contributed by atoms with Crippen molar-refractivity contribution in [1.29, 1.82) is 0 Å². The van der Waals surface area contributed by atoms with Gasteiger partial charge in [0, 0.05) is 12.2 Å². The number of ketones is 1. The summed E-state index contributed by atoms with van der Waals surface area (Å²) in [6.45, 7) is 5.24. The van der Waals surface area contributed by atoms with E-state index in [1.165, 1.54) is 5.56 Å². The molecular formula is C18H21NO2. The van der Waals surface area contributed by atoms with E-state index in [4.69, 9.17) is 4.74 Å². The molecule has 0 saturated heterocycles. The first-order valence-electron chi connectivity index (χ1n) is 7.13. The number of ether oxygens (including phenoxy) is 1. The maximum absolute atomic E-state index is 12.5. The number of nitrogens with zero attached hydrogens (tertiary/aromatic N) is 1. The minimum Gasteiger partial charge on any atom is -0.496 e. The van der Waals surface area contributed by atoms with E-state index in [0.717, 1.165) is 12.2 Å². The number of Topliss-reactive ketones (excluding diaryl/α,β-unsaturated/α-hetero) is 1. The van der Waals surface area contributed by atoms with Gasteiger partial charge in [0.2, 0.25) is 0 Å². The Labute approximate surface area is 126 Å². The van der Waals surface area contributed by atoms with Crippen molar-refractivity contribution >= 4 is 11.5 Å². The van der Waals surface area contributed by atoms with Crippen molar-refractivity contribution in [3.8, 4) is 5.75 Å². The Morgan fingerprint density at radius 1 is 1.14 bits per heavy atom. The maximum atomic E-state index is 12.5. The molecule has 2 aromatic carbocycles. The lowest BCUT2D eigenvalue weighted by atomic mass is 10.1. The number of para-hydroxylation sites is 1. The molecule has 0 bridgehead atoms. The predicted octanol–water partition coefficient (Wildman–Crippen LogP) is 3.71. The number of rotatable bonds is 6. The van der Waals surface area contributed by atoms with E-state index in [2.05, 4.69) is 30.9 Å². The number of carbonyl (C=O) groups excluding carboxylic acids is 1. The molecule has 0 aliphatic carbocycles. The second-order valence-electron chi connectivity index (χ2n) is 4.98. The molecule has 0 fully saturated rings. The Morgan fingerprint density at radius 3 is 2.57 bits per heavy atom. The number of hydrogen-bond acceptors (Lipinski definition) is 3. The summed E-state index contributed by atoms with van der Waals surface area (Å²) in [5.74, 6) is 0.693. The van der Waals surface area contributed by atoms with Crippen molar-refractivity contribution in [2.24, 2.45) is 0 Å². The molecular weight excluding hydrogens is 262 g/mol. The average Bonchev–Trinajstić information content (AvgIpc) is 2.52. The number of methoxy groups -OCH3 is 1. The fraction of sp³-hybridized carbons (Fsp3) is 0.278. The molecule has 0 spiro atoms. The molecule has 2 rings (SSSR count). The van der Waals surface area contributed by atoms with Crippen LogP contribution in [-0.4, -0.2) is 26.0 Å². The van der Waals surface area contributed by atoms with Crippen molar-refractivity contribution in [3.05, 3.63) is 59.7 Å². The number of benzene rings is 2. The third kappa shape index (κ3) is 3.63. The van der Waals surface area contributed by atoms with Gasteiger partial charge in [-0.15, -0.1) is 0 Å². The fourth-order valence-electron chi connectivity index (χ4n) is 2.34. The molecule has 110 valence electrons. The normalized spacial score (nSPS) is 10.2. The molecule has 3 heteroatoms. The Bertz CT molecular complexity index is 622. The van der Waals surface area contributed by atoms with Gasteiger partial charge < -0.3 is 9.64 Å². The minimum atomic E-state index is 0.0656. The first kappa shape index (κ1) is 15.1. The molecule has 0 N–H and O–H groups in total. The summed E-state index contributed by atoms with van der Waals surface area (Å²) in [5.41, 5.74) is 2.89. The zero-order valence-corrected chi connectivity index (χ0v) is 12.8. The number of likely N-dealkylation sites (N-methyl/N-ethyl adjacent to an activating group) is 1. The quantitative estimate of drug-likeness (QED) is 0.757. The van der Waals surface area contributed by atoms with Gasteiger partial charge >= 0.3 is 0 Å². The SMILES string of the molecule is CCN(CC(=O)c1ccccc1OC)c1cccc(C)c1. The predicted molar refractivity (Wildman–Crippen MR) is 86.4 cm³/mol. The van der Waals surface area contributed by atoms with Gasteiger partial charge in [0.25, 0.3) is 0 Å². The highest BCUT2D eigenvalue weighted by molar-refractivity contribution is 6.01. The minimum absolute atomic E-state index is 0.0656. The monoisotopic (exact) mass is 283 g/mol. The summed E-state index contributed by atoms with van der Waals surface area (Å²) in [4.78, 5) is 14.6. The average molecular weight is 283 g/mol. The van der Waals surface area contributed by atoms with Crippen LogP contribution in [0.1, 0.15) is 22.8 Å². The van der Waals surface area contributed by atoms with Gasteiger partial charge in [-0.25, -0.2) is 0 Å². The van der Waals surface area contributed by atoms with Crippen LogP contribution in [0.2, 0.25) is 0 Å². The standard InChI is InChI=1S/C18H21NO2/c1-4-19(15-9-7-8-14(2)12-15)13-17(20)16-10-5-6-11-18(16)21-3/h5-12H,4,13H2,1-3H3. The maximum Gasteiger partial charge on any atom is 0.185 e. The Kier molecular flexibility index (Phi) is 4.99. The molecule has 2 aromatic rings. The Hall–Kier alpha value is -2.29. The van der Waals surface area contributed by atoms with E-state index >= 15 is 0 Å². The van der Waals surface area contributed by atoms with E-state index < -0.39 is 0 Å². The van der Waals surface area contributed by atoms with Crippen LogP contribution in [0.4, 0.5) is 5.69 Å². The molecule has 0 heterocycles. The molecule has 0 aliphatic heterocycles. The molecule has 21 heavy (non-hydrogen) atoms. The summed E-state index contributed by atoms with van der Waals surface area (Å²) < 4.78 is 5.27. The van der Waals surface area contributed by atoms with Gasteiger partial charge in [-0.1, -0.05) is 24.3 Å². The van der Waals surface area contributed by atoms with Crippen molar-refractivity contribution < 1.29 is 9.53 Å². The van der Waals surface area contributed by atoms with Gasteiger partial charge in [-0.05, 0) is 43.7 Å². The van der Waals surface area contributed by atoms with Crippen molar-refractivity contribution in [3.63, 3.8) is 0 Å². The first-order chi connectivity index (χ1) is 10.2. The highest BCUT2D eigenvalue weighted by Gasteiger charge is 2.15. The zero-order valence-electron chi connectivity index (χ0n) is 12.8. The summed E-state index contributed by atoms with van der Waals surface area (Å²) in [5, 5.41) is 0. The second kappa shape index (κ2) is 6.93. The van der Waals surface area contributed by atoms with Crippen LogP contribution < -0.4 is 9.64 Å². The summed E-state index contributed by atoms with van der Waals surface area (Å²) in [7, 11) is 1.59. The molecule has 0 aromatic heterocycles. The molecule has 3 nitrogen and oxygen atoms in total. The topological polar surface area (TPSA) is 29.5 Å². The summed E-state index contributed by atoms with van der Waals surface area (Å²) in [6.07, 6.45) is 0. The second-order valence-corrected chi connectivity index (χ2v) is 4.98. The number of hydrogen-bond donors (Lipinski definition) is 0. The lowest BCUT2D eigenvalue weighted by Gasteiger charge is -2.23. The van der Waals surface area contributed by atoms with E-state index in [1.54, 1.807) is 7.11 Å².